The number of sulfonamides is 1. The molecule has 0 aliphatic carbocycles. The summed E-state index contributed by atoms with van der Waals surface area (Å²) in [6.07, 6.45) is 1.20. The molecule has 1 aliphatic rings. The number of benzene rings is 1. The van der Waals surface area contributed by atoms with Crippen LogP contribution in [0.3, 0.4) is 0 Å². The van der Waals surface area contributed by atoms with E-state index in [9.17, 15) is 13.2 Å². The van der Waals surface area contributed by atoms with E-state index in [0.29, 0.717) is 36.9 Å². The van der Waals surface area contributed by atoms with Gasteiger partial charge in [-0.05, 0) is 19.1 Å². The van der Waals surface area contributed by atoms with Crippen LogP contribution >= 0.6 is 11.6 Å². The van der Waals surface area contributed by atoms with Gasteiger partial charge in [-0.15, -0.1) is 0 Å². The third kappa shape index (κ3) is 4.19. The molecule has 0 spiro atoms. The molecule has 2 rings (SSSR count). The molecule has 1 aliphatic heterocycles. The SMILES string of the molecule is C[C@H](C(=O)Nc1ccccc1Cl)N1CCN(S(C)(=O)=O)CC1. The third-order valence-corrected chi connectivity index (χ3v) is 5.43. The van der Waals surface area contributed by atoms with Crippen molar-refractivity contribution in [3.05, 3.63) is 29.3 Å². The van der Waals surface area contributed by atoms with Crippen molar-refractivity contribution in [2.45, 2.75) is 13.0 Å². The van der Waals surface area contributed by atoms with E-state index in [4.69, 9.17) is 11.6 Å². The van der Waals surface area contributed by atoms with Crippen LogP contribution in [-0.2, 0) is 14.8 Å². The molecule has 1 heterocycles. The average Bonchev–Trinajstić information content (AvgIpc) is 2.48. The van der Waals surface area contributed by atoms with Crippen LogP contribution in [0.2, 0.25) is 5.02 Å². The van der Waals surface area contributed by atoms with Gasteiger partial charge in [-0.3, -0.25) is 9.69 Å². The summed E-state index contributed by atoms with van der Waals surface area (Å²) in [4.78, 5) is 14.3. The predicted octanol–water partition coefficient (Wildman–Crippen LogP) is 1.24. The maximum absolute atomic E-state index is 12.3. The quantitative estimate of drug-likeness (QED) is 0.891. The van der Waals surface area contributed by atoms with Crippen LogP contribution in [-0.4, -0.2) is 62.0 Å². The largest absolute Gasteiger partial charge is 0.323 e. The lowest BCUT2D eigenvalue weighted by Gasteiger charge is -2.36. The van der Waals surface area contributed by atoms with Crippen molar-refractivity contribution in [1.82, 2.24) is 9.21 Å². The molecule has 1 N–H and O–H groups in total. The van der Waals surface area contributed by atoms with Crippen LogP contribution < -0.4 is 5.32 Å². The normalized spacial score (nSPS) is 18.9. The Morgan fingerprint density at radius 3 is 2.36 bits per heavy atom. The predicted molar refractivity (Wildman–Crippen MR) is 87.5 cm³/mol. The standard InChI is InChI=1S/C14H20ClN3O3S/c1-11(14(19)16-13-6-4-3-5-12(13)15)17-7-9-18(10-8-17)22(2,20)21/h3-6,11H,7-10H2,1-2H3,(H,16,19)/t11-/m1/s1. The summed E-state index contributed by atoms with van der Waals surface area (Å²) in [5.41, 5.74) is 0.579. The van der Waals surface area contributed by atoms with Gasteiger partial charge in [-0.25, -0.2) is 8.42 Å². The number of rotatable bonds is 4. The van der Waals surface area contributed by atoms with Crippen LogP contribution in [0.4, 0.5) is 5.69 Å². The zero-order valence-corrected chi connectivity index (χ0v) is 14.2. The van der Waals surface area contributed by atoms with Crippen molar-refractivity contribution in [3.63, 3.8) is 0 Å². The Morgan fingerprint density at radius 1 is 1.23 bits per heavy atom. The minimum atomic E-state index is -3.16. The molecule has 0 radical (unpaired) electrons. The van der Waals surface area contributed by atoms with Gasteiger partial charge in [-0.2, -0.15) is 4.31 Å². The molecular formula is C14H20ClN3O3S. The van der Waals surface area contributed by atoms with E-state index in [2.05, 4.69) is 5.32 Å². The first-order chi connectivity index (χ1) is 10.3. The van der Waals surface area contributed by atoms with E-state index < -0.39 is 10.0 Å². The maximum atomic E-state index is 12.3. The van der Waals surface area contributed by atoms with Gasteiger partial charge in [0.15, 0.2) is 0 Å². The zero-order chi connectivity index (χ0) is 16.3. The fourth-order valence-corrected chi connectivity index (χ4v) is 3.40. The van der Waals surface area contributed by atoms with Gasteiger partial charge in [-0.1, -0.05) is 23.7 Å². The molecule has 1 amide bonds. The molecule has 0 bridgehead atoms. The van der Waals surface area contributed by atoms with Crippen molar-refractivity contribution in [1.29, 1.82) is 0 Å². The lowest BCUT2D eigenvalue weighted by Crippen LogP contribution is -2.53. The number of nitrogens with zero attached hydrogens (tertiary/aromatic N) is 2. The molecule has 22 heavy (non-hydrogen) atoms. The number of para-hydroxylation sites is 1. The number of carbonyl (C=O) groups excluding carboxylic acids is 1. The summed E-state index contributed by atoms with van der Waals surface area (Å²) in [6.45, 7) is 3.68. The Bertz CT molecular complexity index is 642. The number of piperazine rings is 1. The third-order valence-electron chi connectivity index (χ3n) is 3.80. The van der Waals surface area contributed by atoms with Crippen molar-refractivity contribution in [2.75, 3.05) is 37.8 Å². The average molecular weight is 346 g/mol. The summed E-state index contributed by atoms with van der Waals surface area (Å²) < 4.78 is 24.4. The molecule has 1 saturated heterocycles. The highest BCUT2D eigenvalue weighted by Crippen LogP contribution is 2.21. The Labute approximate surface area is 136 Å². The monoisotopic (exact) mass is 345 g/mol. The molecule has 8 heteroatoms. The molecule has 0 aromatic heterocycles. The number of hydrogen-bond acceptors (Lipinski definition) is 4. The lowest BCUT2D eigenvalue weighted by atomic mass is 10.2. The summed E-state index contributed by atoms with van der Waals surface area (Å²) in [7, 11) is -3.16. The van der Waals surface area contributed by atoms with Crippen LogP contribution in [0.1, 0.15) is 6.92 Å². The number of carbonyl (C=O) groups is 1. The molecule has 0 saturated carbocycles. The van der Waals surface area contributed by atoms with Gasteiger partial charge in [0.25, 0.3) is 0 Å². The Morgan fingerprint density at radius 2 is 1.82 bits per heavy atom. The minimum Gasteiger partial charge on any atom is -0.323 e. The van der Waals surface area contributed by atoms with E-state index >= 15 is 0 Å². The van der Waals surface area contributed by atoms with Crippen LogP contribution in [0, 0.1) is 0 Å². The molecular weight excluding hydrogens is 326 g/mol. The van der Waals surface area contributed by atoms with Crippen molar-refractivity contribution < 1.29 is 13.2 Å². The van der Waals surface area contributed by atoms with Gasteiger partial charge < -0.3 is 5.32 Å². The first-order valence-corrected chi connectivity index (χ1v) is 9.26. The second kappa shape index (κ2) is 6.95. The highest BCUT2D eigenvalue weighted by Gasteiger charge is 2.28. The zero-order valence-electron chi connectivity index (χ0n) is 12.6. The molecule has 122 valence electrons. The van der Waals surface area contributed by atoms with Crippen molar-refractivity contribution in [3.8, 4) is 0 Å². The molecule has 1 aromatic rings. The summed E-state index contributed by atoms with van der Waals surface area (Å²) >= 11 is 6.03. The first kappa shape index (κ1) is 17.2. The van der Waals surface area contributed by atoms with E-state index in [1.807, 2.05) is 11.8 Å². The number of hydrogen-bond donors (Lipinski definition) is 1. The van der Waals surface area contributed by atoms with Gasteiger partial charge in [0.1, 0.15) is 0 Å². The summed E-state index contributed by atoms with van der Waals surface area (Å²) in [5.74, 6) is -0.152. The number of nitrogens with one attached hydrogen (secondary N) is 1. The van der Waals surface area contributed by atoms with Gasteiger partial charge in [0.05, 0.1) is 23.0 Å². The highest BCUT2D eigenvalue weighted by atomic mass is 35.5. The molecule has 1 fully saturated rings. The van der Waals surface area contributed by atoms with Crippen molar-refractivity contribution >= 4 is 33.2 Å². The number of amides is 1. The van der Waals surface area contributed by atoms with Crippen LogP contribution in [0.15, 0.2) is 24.3 Å². The summed E-state index contributed by atoms with van der Waals surface area (Å²) in [5, 5.41) is 3.30. The van der Waals surface area contributed by atoms with E-state index in [1.165, 1.54) is 10.6 Å². The molecule has 1 aromatic carbocycles. The molecule has 6 nitrogen and oxygen atoms in total. The Balaban J connectivity index is 1.94. The van der Waals surface area contributed by atoms with E-state index in [0.717, 1.165) is 0 Å². The maximum Gasteiger partial charge on any atom is 0.241 e. The molecule has 0 unspecified atom stereocenters. The Kier molecular flexibility index (Phi) is 5.44. The van der Waals surface area contributed by atoms with Gasteiger partial charge >= 0.3 is 0 Å². The van der Waals surface area contributed by atoms with Crippen LogP contribution in [0.5, 0.6) is 0 Å². The highest BCUT2D eigenvalue weighted by molar-refractivity contribution is 7.88. The van der Waals surface area contributed by atoms with Gasteiger partial charge in [0.2, 0.25) is 15.9 Å². The van der Waals surface area contributed by atoms with E-state index in [-0.39, 0.29) is 11.9 Å². The van der Waals surface area contributed by atoms with Gasteiger partial charge in [0, 0.05) is 26.2 Å². The topological polar surface area (TPSA) is 69.7 Å². The second-order valence-electron chi connectivity index (χ2n) is 5.34. The first-order valence-electron chi connectivity index (χ1n) is 7.03. The van der Waals surface area contributed by atoms with Crippen LogP contribution in [0.25, 0.3) is 0 Å². The van der Waals surface area contributed by atoms with E-state index in [1.54, 1.807) is 24.3 Å². The van der Waals surface area contributed by atoms with Crippen molar-refractivity contribution in [2.24, 2.45) is 0 Å². The number of halogens is 1. The second-order valence-corrected chi connectivity index (χ2v) is 7.73. The molecule has 1 atom stereocenters. The lowest BCUT2D eigenvalue weighted by molar-refractivity contribution is -0.121. The summed E-state index contributed by atoms with van der Waals surface area (Å²) in [6, 6.07) is 6.71. The minimum absolute atomic E-state index is 0.152. The fourth-order valence-electron chi connectivity index (χ4n) is 2.39. The fraction of sp³-hybridized carbons (Fsp3) is 0.500. The smallest absolute Gasteiger partial charge is 0.241 e. The Hall–Kier alpha value is -1.15. The number of anilines is 1.